The van der Waals surface area contributed by atoms with Crippen LogP contribution in [0.15, 0.2) is 22.7 Å². The summed E-state index contributed by atoms with van der Waals surface area (Å²) in [6, 6.07) is 4.39. The van der Waals surface area contributed by atoms with E-state index in [1.54, 1.807) is 17.0 Å². The van der Waals surface area contributed by atoms with Crippen LogP contribution in [0.2, 0.25) is 0 Å². The molecule has 0 bridgehead atoms. The number of thioether (sulfide) groups is 1. The number of hydrogen-bond acceptors (Lipinski definition) is 5. The van der Waals surface area contributed by atoms with E-state index in [0.717, 1.165) is 11.8 Å². The third-order valence-electron chi connectivity index (χ3n) is 4.21. The zero-order valence-electron chi connectivity index (χ0n) is 13.5. The van der Waals surface area contributed by atoms with Gasteiger partial charge in [-0.15, -0.1) is 0 Å². The minimum absolute atomic E-state index is 0.0442. The molecule has 0 unspecified atom stereocenters. The maximum Gasteiger partial charge on any atom is 0.387 e. The van der Waals surface area contributed by atoms with Crippen molar-refractivity contribution >= 4 is 44.7 Å². The molecule has 2 fully saturated rings. The van der Waals surface area contributed by atoms with Crippen molar-refractivity contribution < 1.29 is 27.9 Å². The predicted molar refractivity (Wildman–Crippen MR) is 94.2 cm³/mol. The molecule has 2 saturated heterocycles. The zero-order valence-corrected chi connectivity index (χ0v) is 15.9. The van der Waals surface area contributed by atoms with Gasteiger partial charge < -0.3 is 9.64 Å². The van der Waals surface area contributed by atoms with Gasteiger partial charge in [-0.25, -0.2) is 0 Å². The van der Waals surface area contributed by atoms with Gasteiger partial charge in [-0.3, -0.25) is 19.3 Å². The number of alkyl halides is 2. The average Bonchev–Trinajstić information content (AvgIpc) is 2.85. The predicted octanol–water partition coefficient (Wildman–Crippen LogP) is 2.89. The summed E-state index contributed by atoms with van der Waals surface area (Å²) < 4.78 is 30.1. The highest BCUT2D eigenvalue weighted by molar-refractivity contribution is 9.10. The molecule has 0 N–H and O–H groups in total. The normalized spacial score (nSPS) is 17.8. The molecule has 0 spiro atoms. The van der Waals surface area contributed by atoms with Crippen LogP contribution < -0.4 is 4.74 Å². The molecular formula is C16H15BrF2N2O4S. The quantitative estimate of drug-likeness (QED) is 0.669. The van der Waals surface area contributed by atoms with Crippen LogP contribution in [0.4, 0.5) is 13.6 Å². The third-order valence-corrected chi connectivity index (χ3v) is 5.54. The van der Waals surface area contributed by atoms with E-state index in [2.05, 4.69) is 20.7 Å². The Kier molecular flexibility index (Phi) is 5.81. The molecule has 10 heteroatoms. The van der Waals surface area contributed by atoms with E-state index in [4.69, 9.17) is 0 Å². The second-order valence-electron chi connectivity index (χ2n) is 5.90. The number of halogens is 3. The fourth-order valence-electron chi connectivity index (χ4n) is 2.89. The van der Waals surface area contributed by atoms with Crippen LogP contribution in [0.25, 0.3) is 0 Å². The molecule has 0 aliphatic carbocycles. The summed E-state index contributed by atoms with van der Waals surface area (Å²) in [6.45, 7) is -2.30. The molecule has 2 heterocycles. The topological polar surface area (TPSA) is 66.9 Å². The molecule has 2 aliphatic heterocycles. The Labute approximate surface area is 161 Å². The molecule has 1 aromatic rings. The Morgan fingerprint density at radius 1 is 1.35 bits per heavy atom. The van der Waals surface area contributed by atoms with Gasteiger partial charge in [0, 0.05) is 24.0 Å². The number of rotatable bonds is 6. The lowest BCUT2D eigenvalue weighted by atomic mass is 10.0. The number of ether oxygens (including phenoxy) is 1. The van der Waals surface area contributed by atoms with Crippen LogP contribution in [0.1, 0.15) is 12.0 Å². The van der Waals surface area contributed by atoms with Gasteiger partial charge in [0.05, 0.1) is 11.8 Å². The highest BCUT2D eigenvalue weighted by Crippen LogP contribution is 2.28. The highest BCUT2D eigenvalue weighted by atomic mass is 79.9. The van der Waals surface area contributed by atoms with E-state index in [1.807, 2.05) is 0 Å². The third kappa shape index (κ3) is 4.17. The smallest absolute Gasteiger partial charge is 0.387 e. The molecule has 26 heavy (non-hydrogen) atoms. The maximum absolute atomic E-state index is 12.5. The number of aryl methyl sites for hydroxylation is 1. The number of nitrogens with zero attached hydrogens (tertiary/aromatic N) is 2. The van der Waals surface area contributed by atoms with E-state index < -0.39 is 6.61 Å². The molecule has 0 saturated carbocycles. The molecule has 1 aromatic carbocycles. The summed E-state index contributed by atoms with van der Waals surface area (Å²) in [5.41, 5.74) is 0.506. The van der Waals surface area contributed by atoms with Crippen LogP contribution in [-0.2, 0) is 16.0 Å². The molecule has 0 atom stereocenters. The summed E-state index contributed by atoms with van der Waals surface area (Å²) in [7, 11) is 0. The van der Waals surface area contributed by atoms with Crippen LogP contribution in [0, 0.1) is 0 Å². The van der Waals surface area contributed by atoms with Crippen molar-refractivity contribution in [3.63, 3.8) is 0 Å². The molecule has 140 valence electrons. The Hall–Kier alpha value is -1.68. The van der Waals surface area contributed by atoms with E-state index >= 15 is 0 Å². The SMILES string of the molecule is O=C(CCc1cc(Br)ccc1OC(F)F)N1CC(N2C(=O)CSC2=O)C1. The Morgan fingerprint density at radius 2 is 2.08 bits per heavy atom. The zero-order chi connectivity index (χ0) is 18.8. The number of amides is 3. The molecule has 2 aliphatic rings. The average molecular weight is 449 g/mol. The lowest BCUT2D eigenvalue weighted by Crippen LogP contribution is -2.62. The molecule has 6 nitrogen and oxygen atoms in total. The van der Waals surface area contributed by atoms with Crippen LogP contribution in [0.5, 0.6) is 5.75 Å². The first-order valence-electron chi connectivity index (χ1n) is 7.85. The highest BCUT2D eigenvalue weighted by Gasteiger charge is 2.43. The lowest BCUT2D eigenvalue weighted by molar-refractivity contribution is -0.142. The Bertz CT molecular complexity index is 727. The van der Waals surface area contributed by atoms with Gasteiger partial charge in [-0.1, -0.05) is 27.7 Å². The summed E-state index contributed by atoms with van der Waals surface area (Å²) in [4.78, 5) is 38.4. The molecular weight excluding hydrogens is 434 g/mol. The van der Waals surface area contributed by atoms with Crippen molar-refractivity contribution in [2.75, 3.05) is 18.8 Å². The first-order valence-corrected chi connectivity index (χ1v) is 9.63. The minimum Gasteiger partial charge on any atom is -0.435 e. The van der Waals surface area contributed by atoms with E-state index in [9.17, 15) is 23.2 Å². The lowest BCUT2D eigenvalue weighted by Gasteiger charge is -2.42. The fraction of sp³-hybridized carbons (Fsp3) is 0.438. The second-order valence-corrected chi connectivity index (χ2v) is 7.74. The van der Waals surface area contributed by atoms with Gasteiger partial charge in [0.25, 0.3) is 5.24 Å². The van der Waals surface area contributed by atoms with Crippen LogP contribution in [-0.4, -0.2) is 58.3 Å². The monoisotopic (exact) mass is 448 g/mol. The van der Waals surface area contributed by atoms with Gasteiger partial charge in [0.1, 0.15) is 5.75 Å². The van der Waals surface area contributed by atoms with Crippen LogP contribution >= 0.6 is 27.7 Å². The minimum atomic E-state index is -2.94. The Balaban J connectivity index is 1.53. The van der Waals surface area contributed by atoms with Crippen molar-refractivity contribution in [2.24, 2.45) is 0 Å². The van der Waals surface area contributed by atoms with Crippen molar-refractivity contribution in [3.8, 4) is 5.75 Å². The molecule has 3 rings (SSSR count). The number of carbonyl (C=O) groups excluding carboxylic acids is 3. The fourth-order valence-corrected chi connectivity index (χ4v) is 4.08. The first-order chi connectivity index (χ1) is 12.3. The van der Waals surface area contributed by atoms with Crippen molar-refractivity contribution in [3.05, 3.63) is 28.2 Å². The summed E-state index contributed by atoms with van der Waals surface area (Å²) >= 11 is 4.24. The van der Waals surface area contributed by atoms with Gasteiger partial charge >= 0.3 is 6.61 Å². The van der Waals surface area contributed by atoms with E-state index in [-0.39, 0.29) is 47.4 Å². The van der Waals surface area contributed by atoms with Crippen molar-refractivity contribution in [1.29, 1.82) is 0 Å². The van der Waals surface area contributed by atoms with Crippen molar-refractivity contribution in [1.82, 2.24) is 9.80 Å². The Morgan fingerprint density at radius 3 is 2.69 bits per heavy atom. The number of hydrogen-bond donors (Lipinski definition) is 0. The van der Waals surface area contributed by atoms with Crippen LogP contribution in [0.3, 0.4) is 0 Å². The first kappa shape index (κ1) is 19.1. The maximum atomic E-state index is 12.5. The number of carbonyl (C=O) groups is 3. The van der Waals surface area contributed by atoms with Gasteiger partial charge in [0.15, 0.2) is 0 Å². The summed E-state index contributed by atoms with van der Waals surface area (Å²) in [6.07, 6.45) is 0.373. The van der Waals surface area contributed by atoms with Crippen molar-refractivity contribution in [2.45, 2.75) is 25.5 Å². The largest absolute Gasteiger partial charge is 0.435 e. The molecule has 0 aromatic heterocycles. The van der Waals surface area contributed by atoms with Gasteiger partial charge in [-0.05, 0) is 30.2 Å². The van der Waals surface area contributed by atoms with E-state index in [1.165, 1.54) is 11.0 Å². The number of benzene rings is 1. The van der Waals surface area contributed by atoms with Gasteiger partial charge in [-0.2, -0.15) is 8.78 Å². The molecule has 0 radical (unpaired) electrons. The molecule has 3 amide bonds. The standard InChI is InChI=1S/C16H15BrF2N2O4S/c17-10-2-3-12(25-15(18)19)9(5-10)1-4-13(22)20-6-11(7-20)21-14(23)8-26-16(21)24/h2-3,5,11,15H,1,4,6-8H2. The summed E-state index contributed by atoms with van der Waals surface area (Å²) in [5, 5.41) is -0.268. The number of likely N-dealkylation sites (tertiary alicyclic amines) is 1. The second kappa shape index (κ2) is 7.91. The van der Waals surface area contributed by atoms with Gasteiger partial charge in [0.2, 0.25) is 11.8 Å². The number of imide groups is 1. The van der Waals surface area contributed by atoms with E-state index in [0.29, 0.717) is 23.1 Å². The summed E-state index contributed by atoms with van der Waals surface area (Å²) in [5.74, 6) is -0.183.